The molecule has 2 fully saturated rings. The van der Waals surface area contributed by atoms with E-state index in [1.54, 1.807) is 18.2 Å². The van der Waals surface area contributed by atoms with Crippen molar-refractivity contribution in [2.24, 2.45) is 0 Å². The Bertz CT molecular complexity index is 2600. The summed E-state index contributed by atoms with van der Waals surface area (Å²) < 4.78 is 42.2. The van der Waals surface area contributed by atoms with Gasteiger partial charge in [-0.25, -0.2) is 9.59 Å². The third kappa shape index (κ3) is 6.52. The molecule has 0 radical (unpaired) electrons. The van der Waals surface area contributed by atoms with Gasteiger partial charge in [-0.2, -0.15) is 0 Å². The molecule has 328 valence electrons. The minimum atomic E-state index is -1.44. The number of aliphatic hydroxyl groups excluding tert-OH is 1. The number of carbonyl (C=O) groups is 3. The van der Waals surface area contributed by atoms with Crippen molar-refractivity contribution < 1.29 is 57.8 Å². The highest BCUT2D eigenvalue weighted by Gasteiger charge is 2.60. The maximum absolute atomic E-state index is 15.0. The Labute approximate surface area is 367 Å². The Kier molecular flexibility index (Phi) is 10.3. The van der Waals surface area contributed by atoms with Gasteiger partial charge in [0.15, 0.2) is 40.0 Å². The van der Waals surface area contributed by atoms with Gasteiger partial charge in [0.05, 0.1) is 37.6 Å². The molecular weight excluding hydrogens is 831 g/mol. The highest BCUT2D eigenvalue weighted by Crippen LogP contribution is 2.63. The number of nitrogens with zero attached hydrogens (tertiary/aromatic N) is 1. The molecule has 1 unspecified atom stereocenters. The van der Waals surface area contributed by atoms with Crippen LogP contribution in [0, 0.1) is 13.8 Å². The van der Waals surface area contributed by atoms with Crippen molar-refractivity contribution in [3.8, 4) is 40.2 Å². The van der Waals surface area contributed by atoms with Crippen LogP contribution in [0.2, 0.25) is 0 Å². The number of hydrogen-bond acceptors (Lipinski definition) is 16. The number of esters is 3. The normalized spacial score (nSPS) is 26.5. The minimum Gasteiger partial charge on any atom is -0.504 e. The van der Waals surface area contributed by atoms with Crippen molar-refractivity contribution in [3.05, 3.63) is 105 Å². The summed E-state index contributed by atoms with van der Waals surface area (Å²) >= 11 is 1.44. The standard InChI is InChI=1S/C47H47N3O12S/c1-22-15-27-16-29-45(54)50-30-19-58-46(55)47(28-18-31(56-4)32(17-26(28)13-14-48-47)62-33(52)12-11-25-9-7-6-8-10-25)20-63-44(38(50)37(49-29)34(27)39(53)40(22)57-5)36-35(30)43-42(59-21-60-43)23(2)41(36)61-24(3)51/h6-12,15,17-18,29-30,37-38,44-45,48-49,53-54H,13-14,16,19-21H2,1-5H3/b12-11+/t29-,30+,37+,38?,44+,45-,47+/m0/s1. The second-order valence-corrected chi connectivity index (χ2v) is 17.8. The molecule has 4 bridgehead atoms. The van der Waals surface area contributed by atoms with Crippen LogP contribution in [-0.2, 0) is 37.5 Å². The molecule has 1 spiro atoms. The van der Waals surface area contributed by atoms with Gasteiger partial charge in [-0.05, 0) is 72.7 Å². The average molecular weight is 878 g/mol. The monoisotopic (exact) mass is 877 g/mol. The van der Waals surface area contributed by atoms with Gasteiger partial charge in [-0.1, -0.05) is 36.4 Å². The first-order valence-corrected chi connectivity index (χ1v) is 21.9. The summed E-state index contributed by atoms with van der Waals surface area (Å²) in [5.74, 6) is 0.361. The van der Waals surface area contributed by atoms with E-state index in [0.29, 0.717) is 70.2 Å². The van der Waals surface area contributed by atoms with E-state index in [9.17, 15) is 24.6 Å². The predicted octanol–water partition coefficient (Wildman–Crippen LogP) is 4.98. The Balaban J connectivity index is 1.12. The number of methoxy groups -OCH3 is 2. The molecule has 4 aromatic rings. The highest BCUT2D eigenvalue weighted by atomic mass is 32.2. The van der Waals surface area contributed by atoms with E-state index in [0.717, 1.165) is 22.3 Å². The fourth-order valence-electron chi connectivity index (χ4n) is 10.5. The second-order valence-electron chi connectivity index (χ2n) is 16.6. The molecule has 0 amide bonds. The molecule has 4 aromatic carbocycles. The van der Waals surface area contributed by atoms with Gasteiger partial charge in [0.25, 0.3) is 0 Å². The number of phenolic OH excluding ortho intramolecular Hbond substituents is 1. The SMILES string of the molecule is COc1cc2c(cc1OC(=O)/C=C/c1ccccc1)CCN[C@]21CS[C@@H]2c3c(OC(C)=O)c(C)c4c(c3[C@@H](COC1=O)N1C2[C@@H]2N[C@@H](Cc3cc(C)c(OC)c(O)c32)[C@@H]1O)OCO4. The number of hydrogen-bond donors (Lipinski definition) is 4. The van der Waals surface area contributed by atoms with Crippen LogP contribution in [0.15, 0.2) is 54.6 Å². The number of nitrogens with one attached hydrogen (secondary N) is 2. The van der Waals surface area contributed by atoms with Crippen LogP contribution in [0.1, 0.15) is 74.3 Å². The van der Waals surface area contributed by atoms with Gasteiger partial charge in [0.1, 0.15) is 18.6 Å². The Morgan fingerprint density at radius 3 is 2.51 bits per heavy atom. The number of thioether (sulfide) groups is 1. The average Bonchev–Trinajstić information content (AvgIpc) is 3.77. The molecule has 11 rings (SSSR count). The van der Waals surface area contributed by atoms with E-state index in [-0.39, 0.29) is 36.4 Å². The van der Waals surface area contributed by atoms with Crippen LogP contribution in [-0.4, -0.2) is 91.2 Å². The largest absolute Gasteiger partial charge is 0.504 e. The lowest BCUT2D eigenvalue weighted by Gasteiger charge is -2.59. The number of carbonyl (C=O) groups excluding carboxylic acids is 3. The van der Waals surface area contributed by atoms with Crippen LogP contribution in [0.5, 0.6) is 40.2 Å². The number of benzene rings is 4. The fourth-order valence-corrected chi connectivity index (χ4v) is 12.2. The summed E-state index contributed by atoms with van der Waals surface area (Å²) in [6.45, 7) is 5.10. The summed E-state index contributed by atoms with van der Waals surface area (Å²) in [4.78, 5) is 43.1. The van der Waals surface area contributed by atoms with Crippen LogP contribution < -0.4 is 39.1 Å². The molecule has 0 aliphatic carbocycles. The summed E-state index contributed by atoms with van der Waals surface area (Å²) in [7, 11) is 2.99. The Morgan fingerprint density at radius 1 is 0.952 bits per heavy atom. The highest BCUT2D eigenvalue weighted by molar-refractivity contribution is 7.99. The van der Waals surface area contributed by atoms with Gasteiger partial charge in [-0.15, -0.1) is 11.8 Å². The van der Waals surface area contributed by atoms with Gasteiger partial charge in [0.2, 0.25) is 6.79 Å². The molecule has 7 aliphatic heterocycles. The molecule has 0 saturated carbocycles. The lowest BCUT2D eigenvalue weighted by molar-refractivity contribution is -0.164. The number of aryl methyl sites for hydroxylation is 1. The van der Waals surface area contributed by atoms with Crippen LogP contribution in [0.25, 0.3) is 6.08 Å². The number of fused-ring (bicyclic) bond motifs is 9. The molecule has 2 saturated heterocycles. The number of aliphatic hydroxyl groups is 1. The number of phenols is 1. The first-order chi connectivity index (χ1) is 30.4. The predicted molar refractivity (Wildman–Crippen MR) is 229 cm³/mol. The summed E-state index contributed by atoms with van der Waals surface area (Å²) in [5.41, 5.74) is 4.85. The summed E-state index contributed by atoms with van der Waals surface area (Å²) in [5, 5.41) is 31.1. The van der Waals surface area contributed by atoms with E-state index in [1.807, 2.05) is 55.1 Å². The lowest BCUT2D eigenvalue weighted by Crippen LogP contribution is -2.69. The maximum Gasteiger partial charge on any atom is 0.336 e. The zero-order valence-corrected chi connectivity index (χ0v) is 36.1. The molecule has 7 aliphatic rings. The molecule has 0 aromatic heterocycles. The van der Waals surface area contributed by atoms with Crippen molar-refractivity contribution >= 4 is 35.7 Å². The van der Waals surface area contributed by atoms with E-state index >= 15 is 0 Å². The summed E-state index contributed by atoms with van der Waals surface area (Å²) in [6, 6.07) is 12.4. The van der Waals surface area contributed by atoms with Crippen molar-refractivity contribution in [2.75, 3.05) is 39.9 Å². The minimum absolute atomic E-state index is 0.00462. The van der Waals surface area contributed by atoms with E-state index < -0.39 is 59.1 Å². The van der Waals surface area contributed by atoms with Gasteiger partial charge in [-0.3, -0.25) is 15.0 Å². The third-order valence-corrected chi connectivity index (χ3v) is 14.6. The van der Waals surface area contributed by atoms with Crippen molar-refractivity contribution in [1.82, 2.24) is 15.5 Å². The first-order valence-electron chi connectivity index (χ1n) is 20.9. The topological polar surface area (TPSA) is 184 Å². The number of piperazine rings is 1. The smallest absolute Gasteiger partial charge is 0.336 e. The van der Waals surface area contributed by atoms with Crippen LogP contribution in [0.4, 0.5) is 0 Å². The van der Waals surface area contributed by atoms with Crippen LogP contribution in [0.3, 0.4) is 0 Å². The quantitative estimate of drug-likeness (QED) is 0.115. The van der Waals surface area contributed by atoms with E-state index in [1.165, 1.54) is 39.0 Å². The number of rotatable bonds is 6. The van der Waals surface area contributed by atoms with Gasteiger partial charge < -0.3 is 48.7 Å². The zero-order valence-electron chi connectivity index (χ0n) is 35.3. The Hall–Kier alpha value is -5.78. The lowest BCUT2D eigenvalue weighted by atomic mass is 9.74. The molecule has 7 heterocycles. The van der Waals surface area contributed by atoms with Gasteiger partial charge in [0, 0.05) is 53.6 Å². The number of ether oxygens (including phenoxy) is 7. The molecule has 63 heavy (non-hydrogen) atoms. The van der Waals surface area contributed by atoms with E-state index in [2.05, 4.69) is 10.6 Å². The Morgan fingerprint density at radius 2 is 1.75 bits per heavy atom. The third-order valence-electron chi connectivity index (χ3n) is 13.2. The fraction of sp³-hybridized carbons (Fsp3) is 0.383. The van der Waals surface area contributed by atoms with Crippen molar-refractivity contribution in [1.29, 1.82) is 0 Å². The zero-order chi connectivity index (χ0) is 43.9. The van der Waals surface area contributed by atoms with Crippen LogP contribution >= 0.6 is 11.8 Å². The molecule has 7 atom stereocenters. The first kappa shape index (κ1) is 41.2. The molecule has 4 N–H and O–H groups in total. The second kappa shape index (κ2) is 15.8. The molecule has 16 heteroatoms. The summed E-state index contributed by atoms with van der Waals surface area (Å²) in [6.07, 6.45) is 2.84. The van der Waals surface area contributed by atoms with E-state index in [4.69, 9.17) is 33.2 Å². The van der Waals surface area contributed by atoms with Crippen molar-refractivity contribution in [2.45, 2.75) is 74.8 Å². The van der Waals surface area contributed by atoms with Gasteiger partial charge >= 0.3 is 17.9 Å². The van der Waals surface area contributed by atoms with Crippen molar-refractivity contribution in [3.63, 3.8) is 0 Å². The maximum atomic E-state index is 15.0. The number of aromatic hydroxyl groups is 1. The molecular formula is C47H47N3O12S. The molecule has 15 nitrogen and oxygen atoms in total.